The highest BCUT2D eigenvalue weighted by Crippen LogP contribution is 1.80. The molecule has 0 N–H and O–H groups in total. The fourth-order valence-corrected chi connectivity index (χ4v) is 0. The van der Waals surface area contributed by atoms with Crippen LogP contribution >= 0.6 is 0 Å². The number of rotatable bonds is 0. The SMILES string of the molecule is COC(C)=O.FB(F)F. The highest BCUT2D eigenvalue weighted by molar-refractivity contribution is 6.33. The molecule has 0 unspecified atom stereocenters. The molecule has 0 saturated carbocycles. The topological polar surface area (TPSA) is 26.3 Å². The van der Waals surface area contributed by atoms with E-state index in [1.807, 2.05) is 0 Å². The van der Waals surface area contributed by atoms with Crippen LogP contribution in [0.25, 0.3) is 0 Å². The predicted octanol–water partition coefficient (Wildman–Crippen LogP) is 1.06. The maximum Gasteiger partial charge on any atom is 0.762 e. The average Bonchev–Trinajstić information content (AvgIpc) is 1.65. The summed E-state index contributed by atoms with van der Waals surface area (Å²) in [6.45, 7) is 1.36. The number of methoxy groups -OCH3 is 1. The van der Waals surface area contributed by atoms with Crippen molar-refractivity contribution in [1.82, 2.24) is 0 Å². The maximum atomic E-state index is 9.67. The second-order valence-electron chi connectivity index (χ2n) is 0.943. The normalized spacial score (nSPS) is 6.78. The van der Waals surface area contributed by atoms with Gasteiger partial charge in [-0.3, -0.25) is 17.7 Å². The van der Waals surface area contributed by atoms with Crippen LogP contribution in [0.1, 0.15) is 6.92 Å². The van der Waals surface area contributed by atoms with Gasteiger partial charge < -0.3 is 4.74 Å². The zero-order chi connectivity index (χ0) is 7.86. The third-order valence-corrected chi connectivity index (χ3v) is 0.287. The smallest absolute Gasteiger partial charge is 0.469 e. The van der Waals surface area contributed by atoms with Crippen molar-refractivity contribution in [3.63, 3.8) is 0 Å². The van der Waals surface area contributed by atoms with E-state index < -0.39 is 7.54 Å². The van der Waals surface area contributed by atoms with E-state index in [9.17, 15) is 17.7 Å². The highest BCUT2D eigenvalue weighted by Gasteiger charge is 2.06. The van der Waals surface area contributed by atoms with E-state index in [0.29, 0.717) is 0 Å². The van der Waals surface area contributed by atoms with E-state index in [2.05, 4.69) is 4.74 Å². The van der Waals surface area contributed by atoms with Gasteiger partial charge in [-0.15, -0.1) is 0 Å². The molecule has 0 atom stereocenters. The molecule has 0 aromatic rings. The van der Waals surface area contributed by atoms with Crippen molar-refractivity contribution in [3.8, 4) is 0 Å². The van der Waals surface area contributed by atoms with Gasteiger partial charge in [0.2, 0.25) is 0 Å². The van der Waals surface area contributed by atoms with Gasteiger partial charge in [0.1, 0.15) is 0 Å². The first-order valence-corrected chi connectivity index (χ1v) is 1.97. The van der Waals surface area contributed by atoms with Crippen molar-refractivity contribution in [2.75, 3.05) is 7.11 Å². The minimum absolute atomic E-state index is 0.245. The Hall–Kier alpha value is -0.675. The van der Waals surface area contributed by atoms with Gasteiger partial charge in [0, 0.05) is 6.92 Å². The molecule has 6 heteroatoms. The van der Waals surface area contributed by atoms with Crippen LogP contribution in [-0.4, -0.2) is 20.6 Å². The third kappa shape index (κ3) is 118. The molecular weight excluding hydrogens is 136 g/mol. The average molecular weight is 142 g/mol. The molecule has 9 heavy (non-hydrogen) atoms. The minimum atomic E-state index is -3.67. The molecule has 0 amide bonds. The maximum absolute atomic E-state index is 9.67. The zero-order valence-corrected chi connectivity index (χ0v) is 5.03. The molecule has 0 aliphatic rings. The van der Waals surface area contributed by atoms with Crippen LogP contribution in [0.15, 0.2) is 0 Å². The number of ether oxygens (including phenoxy) is 1. The van der Waals surface area contributed by atoms with Crippen molar-refractivity contribution >= 4 is 13.5 Å². The van der Waals surface area contributed by atoms with Crippen LogP contribution in [-0.2, 0) is 9.53 Å². The van der Waals surface area contributed by atoms with Crippen molar-refractivity contribution in [1.29, 1.82) is 0 Å². The lowest BCUT2D eigenvalue weighted by Gasteiger charge is -1.80. The second kappa shape index (κ2) is 7.32. The highest BCUT2D eigenvalue weighted by atomic mass is 19.4. The molecule has 0 fully saturated rings. The van der Waals surface area contributed by atoms with Crippen LogP contribution in [0.2, 0.25) is 0 Å². The summed E-state index contributed by atoms with van der Waals surface area (Å²) in [5.74, 6) is -0.245. The first-order valence-electron chi connectivity index (χ1n) is 1.97. The van der Waals surface area contributed by atoms with E-state index in [-0.39, 0.29) is 5.97 Å². The standard InChI is InChI=1S/C3H6O2.BF3/c1-3(4)5-2;2-1(3)4/h1-2H3;. The zero-order valence-electron chi connectivity index (χ0n) is 5.03. The van der Waals surface area contributed by atoms with E-state index in [1.165, 1.54) is 14.0 Å². The van der Waals surface area contributed by atoms with Crippen LogP contribution in [0, 0.1) is 0 Å². The Bertz CT molecular complexity index is 74.7. The molecule has 0 radical (unpaired) electrons. The molecule has 0 aromatic heterocycles. The molecule has 0 spiro atoms. The van der Waals surface area contributed by atoms with Gasteiger partial charge in [0.15, 0.2) is 0 Å². The van der Waals surface area contributed by atoms with Gasteiger partial charge in [-0.05, 0) is 0 Å². The summed E-state index contributed by atoms with van der Waals surface area (Å²) in [7, 11) is -2.32. The summed E-state index contributed by atoms with van der Waals surface area (Å²) < 4.78 is 33.1. The Labute approximate surface area is 51.2 Å². The van der Waals surface area contributed by atoms with E-state index >= 15 is 0 Å². The van der Waals surface area contributed by atoms with Crippen molar-refractivity contribution in [3.05, 3.63) is 0 Å². The number of hydrogen-bond acceptors (Lipinski definition) is 2. The summed E-state index contributed by atoms with van der Waals surface area (Å²) in [6.07, 6.45) is 0. The molecule has 0 aliphatic carbocycles. The second-order valence-corrected chi connectivity index (χ2v) is 0.943. The van der Waals surface area contributed by atoms with Crippen LogP contribution in [0.3, 0.4) is 0 Å². The summed E-state index contributed by atoms with van der Waals surface area (Å²) in [5, 5.41) is 0. The van der Waals surface area contributed by atoms with Gasteiger partial charge >= 0.3 is 13.5 Å². The molecule has 2 nitrogen and oxygen atoms in total. The molecule has 0 aromatic carbocycles. The molecular formula is C3H6BF3O2. The van der Waals surface area contributed by atoms with Crippen molar-refractivity contribution in [2.24, 2.45) is 0 Å². The van der Waals surface area contributed by atoms with E-state index in [4.69, 9.17) is 0 Å². The third-order valence-electron chi connectivity index (χ3n) is 0.287. The van der Waals surface area contributed by atoms with Gasteiger partial charge in [-0.1, -0.05) is 0 Å². The molecule has 0 bridgehead atoms. The lowest BCUT2D eigenvalue weighted by atomic mass is 10.5. The Morgan fingerprint density at radius 1 is 1.44 bits per heavy atom. The summed E-state index contributed by atoms with van der Waals surface area (Å²) in [4.78, 5) is 9.59. The first kappa shape index (κ1) is 11.2. The Morgan fingerprint density at radius 2 is 1.56 bits per heavy atom. The van der Waals surface area contributed by atoms with Gasteiger partial charge in [0.25, 0.3) is 0 Å². The minimum Gasteiger partial charge on any atom is -0.469 e. The molecule has 0 aliphatic heterocycles. The molecule has 54 valence electrons. The fraction of sp³-hybridized carbons (Fsp3) is 0.667. The Morgan fingerprint density at radius 3 is 1.56 bits per heavy atom. The summed E-state index contributed by atoms with van der Waals surface area (Å²) >= 11 is 0. The van der Waals surface area contributed by atoms with Crippen LogP contribution < -0.4 is 0 Å². The molecule has 0 rings (SSSR count). The monoisotopic (exact) mass is 142 g/mol. The number of hydrogen-bond donors (Lipinski definition) is 0. The van der Waals surface area contributed by atoms with Gasteiger partial charge in [-0.2, -0.15) is 0 Å². The Kier molecular flexibility index (Phi) is 9.09. The van der Waals surface area contributed by atoms with Crippen LogP contribution in [0.5, 0.6) is 0 Å². The van der Waals surface area contributed by atoms with Crippen molar-refractivity contribution < 1.29 is 22.5 Å². The number of esters is 1. The molecule has 0 saturated heterocycles. The van der Waals surface area contributed by atoms with E-state index in [0.717, 1.165) is 0 Å². The lowest BCUT2D eigenvalue weighted by molar-refractivity contribution is -0.137. The predicted molar refractivity (Wildman–Crippen MR) is 26.8 cm³/mol. The quantitative estimate of drug-likeness (QED) is 0.373. The summed E-state index contributed by atoms with van der Waals surface area (Å²) in [5.41, 5.74) is 0. The Balaban J connectivity index is 0. The van der Waals surface area contributed by atoms with Gasteiger partial charge in [0.05, 0.1) is 7.11 Å². The molecule has 0 heterocycles. The van der Waals surface area contributed by atoms with E-state index in [1.54, 1.807) is 0 Å². The number of carbonyl (C=O) groups excluding carboxylic acids is 1. The largest absolute Gasteiger partial charge is 0.762 e. The number of carbonyl (C=O) groups is 1. The van der Waals surface area contributed by atoms with Crippen LogP contribution in [0.4, 0.5) is 12.9 Å². The van der Waals surface area contributed by atoms with Crippen molar-refractivity contribution in [2.45, 2.75) is 6.92 Å². The fourth-order valence-electron chi connectivity index (χ4n) is 0. The lowest BCUT2D eigenvalue weighted by Crippen LogP contribution is -1.88. The first-order chi connectivity index (χ1) is 4.00. The summed E-state index contributed by atoms with van der Waals surface area (Å²) in [6, 6.07) is 0. The number of halogens is 3. The van der Waals surface area contributed by atoms with Gasteiger partial charge in [-0.25, -0.2) is 0 Å².